The Morgan fingerprint density at radius 1 is 1.62 bits per heavy atom. The van der Waals surface area contributed by atoms with Crippen molar-refractivity contribution in [3.05, 3.63) is 5.92 Å². The van der Waals surface area contributed by atoms with Gasteiger partial charge in [-0.05, 0) is 6.42 Å². The molecule has 2 aliphatic rings. The van der Waals surface area contributed by atoms with Crippen LogP contribution in [-0.4, -0.2) is 24.1 Å². The minimum atomic E-state index is 0.837. The summed E-state index contributed by atoms with van der Waals surface area (Å²) in [6.45, 7) is 1.21. The Hall–Kier alpha value is 0.310. The van der Waals surface area contributed by atoms with Gasteiger partial charge in [0.15, 0.2) is 0 Å². The van der Waals surface area contributed by atoms with Crippen LogP contribution in [0.15, 0.2) is 0 Å². The van der Waals surface area contributed by atoms with Crippen LogP contribution >= 0.6 is 11.8 Å². The van der Waals surface area contributed by atoms with E-state index in [1.54, 1.807) is 5.92 Å². The molecule has 0 amide bonds. The van der Waals surface area contributed by atoms with Crippen molar-refractivity contribution in [1.82, 2.24) is 5.32 Å². The molecule has 1 nitrogen and oxygen atoms in total. The highest BCUT2D eigenvalue weighted by molar-refractivity contribution is 7.99. The Balaban J connectivity index is 2.03. The van der Waals surface area contributed by atoms with E-state index in [0.717, 1.165) is 6.04 Å². The Morgan fingerprint density at radius 2 is 2.62 bits per heavy atom. The summed E-state index contributed by atoms with van der Waals surface area (Å²) in [6.07, 6.45) is 1.37. The second-order valence-electron chi connectivity index (χ2n) is 2.55. The van der Waals surface area contributed by atoms with Crippen molar-refractivity contribution in [2.75, 3.05) is 18.1 Å². The predicted molar refractivity (Wildman–Crippen MR) is 37.0 cm³/mol. The molecule has 0 saturated carbocycles. The van der Waals surface area contributed by atoms with E-state index in [1.165, 1.54) is 24.5 Å². The molecule has 45 valence electrons. The summed E-state index contributed by atoms with van der Waals surface area (Å²) >= 11 is 2.07. The van der Waals surface area contributed by atoms with Crippen molar-refractivity contribution >= 4 is 11.8 Å². The lowest BCUT2D eigenvalue weighted by molar-refractivity contribution is 0.672. The van der Waals surface area contributed by atoms with Gasteiger partial charge in [-0.25, -0.2) is 0 Å². The topological polar surface area (TPSA) is 12.0 Å². The van der Waals surface area contributed by atoms with E-state index in [0.29, 0.717) is 0 Å². The summed E-state index contributed by atoms with van der Waals surface area (Å²) in [5, 5.41) is 3.46. The minimum absolute atomic E-state index is 0.837. The molecule has 2 heterocycles. The van der Waals surface area contributed by atoms with Gasteiger partial charge in [0, 0.05) is 30.0 Å². The van der Waals surface area contributed by atoms with E-state index in [1.807, 2.05) is 0 Å². The number of thioether (sulfide) groups is 1. The fourth-order valence-electron chi connectivity index (χ4n) is 1.35. The zero-order chi connectivity index (χ0) is 5.40. The van der Waals surface area contributed by atoms with Gasteiger partial charge < -0.3 is 5.32 Å². The zero-order valence-corrected chi connectivity index (χ0v) is 5.63. The van der Waals surface area contributed by atoms with E-state index in [-0.39, 0.29) is 0 Å². The average Bonchev–Trinajstić information content (AvgIpc) is 2.12. The summed E-state index contributed by atoms with van der Waals surface area (Å²) in [5.41, 5.74) is 0. The molecular weight excluding hydrogens is 118 g/mol. The fourth-order valence-corrected chi connectivity index (χ4v) is 2.50. The van der Waals surface area contributed by atoms with Gasteiger partial charge in [-0.1, -0.05) is 0 Å². The largest absolute Gasteiger partial charge is 0.313 e. The van der Waals surface area contributed by atoms with Crippen LogP contribution in [0.3, 0.4) is 0 Å². The monoisotopic (exact) mass is 128 g/mol. The van der Waals surface area contributed by atoms with Crippen LogP contribution in [0.25, 0.3) is 0 Å². The van der Waals surface area contributed by atoms with Gasteiger partial charge in [-0.2, -0.15) is 11.8 Å². The van der Waals surface area contributed by atoms with Gasteiger partial charge in [-0.15, -0.1) is 0 Å². The molecule has 1 atom stereocenters. The summed E-state index contributed by atoms with van der Waals surface area (Å²) in [5.74, 6) is 4.39. The molecule has 8 heavy (non-hydrogen) atoms. The summed E-state index contributed by atoms with van der Waals surface area (Å²) in [7, 11) is 0. The molecule has 2 saturated heterocycles. The van der Waals surface area contributed by atoms with Gasteiger partial charge in [0.1, 0.15) is 0 Å². The van der Waals surface area contributed by atoms with Crippen LogP contribution in [0.5, 0.6) is 0 Å². The van der Waals surface area contributed by atoms with Crippen molar-refractivity contribution < 1.29 is 0 Å². The molecule has 0 aromatic rings. The molecule has 0 aliphatic carbocycles. The highest BCUT2D eigenvalue weighted by atomic mass is 32.2. The Kier molecular flexibility index (Phi) is 1.23. The van der Waals surface area contributed by atoms with Gasteiger partial charge in [0.25, 0.3) is 0 Å². The molecule has 2 bridgehead atoms. The minimum Gasteiger partial charge on any atom is -0.313 e. The second-order valence-corrected chi connectivity index (χ2v) is 3.58. The van der Waals surface area contributed by atoms with Crippen LogP contribution in [-0.2, 0) is 0 Å². The number of rotatable bonds is 0. The SMILES string of the molecule is C1NC2CSC[C]1C2. The summed E-state index contributed by atoms with van der Waals surface area (Å²) in [6, 6.07) is 0.837. The van der Waals surface area contributed by atoms with Crippen molar-refractivity contribution in [3.63, 3.8) is 0 Å². The third-order valence-electron chi connectivity index (χ3n) is 1.80. The molecule has 2 aliphatic heterocycles. The van der Waals surface area contributed by atoms with Crippen molar-refractivity contribution in [1.29, 1.82) is 0 Å². The highest BCUT2D eigenvalue weighted by Gasteiger charge is 2.28. The van der Waals surface area contributed by atoms with E-state index in [2.05, 4.69) is 17.1 Å². The number of hydrogen-bond acceptors (Lipinski definition) is 2. The molecule has 0 aromatic carbocycles. The molecule has 1 N–H and O–H groups in total. The van der Waals surface area contributed by atoms with Gasteiger partial charge >= 0.3 is 0 Å². The van der Waals surface area contributed by atoms with Gasteiger partial charge in [-0.3, -0.25) is 0 Å². The molecular formula is C6H10NS. The smallest absolute Gasteiger partial charge is 0.0164 e. The molecule has 1 unspecified atom stereocenters. The normalized spacial score (nSPS) is 38.2. The second kappa shape index (κ2) is 1.92. The first-order valence-electron chi connectivity index (χ1n) is 3.10. The first-order valence-corrected chi connectivity index (χ1v) is 4.25. The Labute approximate surface area is 54.2 Å². The average molecular weight is 128 g/mol. The zero-order valence-electron chi connectivity index (χ0n) is 4.81. The van der Waals surface area contributed by atoms with E-state index < -0.39 is 0 Å². The highest BCUT2D eigenvalue weighted by Crippen LogP contribution is 2.28. The lowest BCUT2D eigenvalue weighted by Crippen LogP contribution is -2.23. The van der Waals surface area contributed by atoms with Gasteiger partial charge in [0.05, 0.1) is 0 Å². The maximum Gasteiger partial charge on any atom is 0.0164 e. The molecule has 1 radical (unpaired) electrons. The first kappa shape index (κ1) is 5.12. The van der Waals surface area contributed by atoms with Crippen LogP contribution < -0.4 is 5.32 Å². The van der Waals surface area contributed by atoms with Gasteiger partial charge in [0.2, 0.25) is 0 Å². The third-order valence-corrected chi connectivity index (χ3v) is 3.05. The fraction of sp³-hybridized carbons (Fsp3) is 0.833. The van der Waals surface area contributed by atoms with Crippen molar-refractivity contribution in [2.45, 2.75) is 12.5 Å². The van der Waals surface area contributed by atoms with Crippen LogP contribution in [0, 0.1) is 5.92 Å². The lowest BCUT2D eigenvalue weighted by Gasteiger charge is -2.15. The molecule has 2 fully saturated rings. The summed E-state index contributed by atoms with van der Waals surface area (Å²) in [4.78, 5) is 0. The van der Waals surface area contributed by atoms with Crippen molar-refractivity contribution in [2.24, 2.45) is 0 Å². The van der Waals surface area contributed by atoms with Crippen LogP contribution in [0.4, 0.5) is 0 Å². The maximum absolute atomic E-state index is 3.46. The van der Waals surface area contributed by atoms with Crippen molar-refractivity contribution in [3.8, 4) is 0 Å². The van der Waals surface area contributed by atoms with E-state index >= 15 is 0 Å². The predicted octanol–water partition coefficient (Wildman–Crippen LogP) is 0.670. The molecule has 2 heteroatoms. The third kappa shape index (κ3) is 0.759. The molecule has 2 rings (SSSR count). The lowest BCUT2D eigenvalue weighted by atomic mass is 10.1. The molecule has 0 spiro atoms. The van der Waals surface area contributed by atoms with Crippen LogP contribution in [0.1, 0.15) is 6.42 Å². The first-order chi connectivity index (χ1) is 3.95. The summed E-state index contributed by atoms with van der Waals surface area (Å²) < 4.78 is 0. The Bertz CT molecular complexity index is 80.5. The standard InChI is InChI=1S/C6H10NS/c1-5-2-7-6(1)4-8-3-5/h6-7H,1-4H2. The van der Waals surface area contributed by atoms with E-state index in [9.17, 15) is 0 Å². The maximum atomic E-state index is 3.46. The quantitative estimate of drug-likeness (QED) is 0.514. The number of nitrogens with one attached hydrogen (secondary N) is 1. The van der Waals surface area contributed by atoms with Crippen LogP contribution in [0.2, 0.25) is 0 Å². The van der Waals surface area contributed by atoms with E-state index in [4.69, 9.17) is 0 Å². The number of fused-ring (bicyclic) bond motifs is 2. The Morgan fingerprint density at radius 3 is 3.38 bits per heavy atom. The number of hydrogen-bond donors (Lipinski definition) is 1. The molecule has 0 aromatic heterocycles.